The van der Waals surface area contributed by atoms with Gasteiger partial charge in [-0.1, -0.05) is 12.5 Å². The second-order valence-electron chi connectivity index (χ2n) is 6.85. The van der Waals surface area contributed by atoms with Gasteiger partial charge in [-0.2, -0.15) is 4.99 Å². The van der Waals surface area contributed by atoms with Gasteiger partial charge in [0.2, 0.25) is 11.9 Å². The van der Waals surface area contributed by atoms with Gasteiger partial charge in [-0.3, -0.25) is 9.69 Å². The number of nitrogens with two attached hydrogens (primary N) is 2. The zero-order valence-electron chi connectivity index (χ0n) is 15.6. The van der Waals surface area contributed by atoms with E-state index in [9.17, 15) is 4.79 Å². The third kappa shape index (κ3) is 3.25. The molecule has 140 valence electrons. The summed E-state index contributed by atoms with van der Waals surface area (Å²) in [5.74, 6) is 0.591. The van der Waals surface area contributed by atoms with Crippen LogP contribution in [0, 0.1) is 0 Å². The van der Waals surface area contributed by atoms with Crippen molar-refractivity contribution in [2.45, 2.75) is 51.6 Å². The number of guanidine groups is 2. The topological polar surface area (TPSA) is 100 Å². The summed E-state index contributed by atoms with van der Waals surface area (Å²) in [4.78, 5) is 25.4. The van der Waals surface area contributed by atoms with Crippen LogP contribution in [0.25, 0.3) is 0 Å². The van der Waals surface area contributed by atoms with E-state index in [1.54, 1.807) is 4.90 Å². The molecule has 7 heteroatoms. The minimum absolute atomic E-state index is 0.0186. The second-order valence-corrected chi connectivity index (χ2v) is 6.85. The molecule has 7 nitrogen and oxygen atoms in total. The lowest BCUT2D eigenvalue weighted by Crippen LogP contribution is -2.58. The number of hydrogen-bond donors (Lipinski definition) is 2. The lowest BCUT2D eigenvalue weighted by atomic mass is 9.87. The van der Waals surface area contributed by atoms with E-state index in [1.807, 2.05) is 43.0 Å². The largest absolute Gasteiger partial charge is 0.369 e. The van der Waals surface area contributed by atoms with Crippen molar-refractivity contribution in [1.82, 2.24) is 4.90 Å². The van der Waals surface area contributed by atoms with Crippen molar-refractivity contribution in [3.63, 3.8) is 0 Å². The molecule has 1 fully saturated rings. The molecule has 1 heterocycles. The van der Waals surface area contributed by atoms with Gasteiger partial charge in [0, 0.05) is 24.3 Å². The van der Waals surface area contributed by atoms with E-state index in [0.717, 1.165) is 31.4 Å². The molecule has 1 spiro atoms. The van der Waals surface area contributed by atoms with Crippen molar-refractivity contribution in [2.75, 3.05) is 18.0 Å². The van der Waals surface area contributed by atoms with Crippen LogP contribution in [0.3, 0.4) is 0 Å². The number of carbonyl (C=O) groups excluding carboxylic acids is 1. The minimum Gasteiger partial charge on any atom is -0.369 e. The average molecular weight is 356 g/mol. The highest BCUT2D eigenvalue weighted by Gasteiger charge is 2.42. The molecule has 1 saturated carbocycles. The van der Waals surface area contributed by atoms with Gasteiger partial charge >= 0.3 is 0 Å². The quantitative estimate of drug-likeness (QED) is 0.864. The Morgan fingerprint density at radius 1 is 1.19 bits per heavy atom. The molecule has 3 rings (SSSR count). The first kappa shape index (κ1) is 18.2. The molecule has 0 atom stereocenters. The number of hydrogen-bond acceptors (Lipinski definition) is 6. The maximum atomic E-state index is 12.7. The van der Waals surface area contributed by atoms with Crippen LogP contribution >= 0.6 is 0 Å². The average Bonchev–Trinajstić information content (AvgIpc) is 2.63. The van der Waals surface area contributed by atoms with Crippen molar-refractivity contribution in [2.24, 2.45) is 21.5 Å². The molecular formula is C19H28N6O. The third-order valence-corrected chi connectivity index (χ3v) is 5.25. The fourth-order valence-electron chi connectivity index (χ4n) is 3.97. The highest BCUT2D eigenvalue weighted by atomic mass is 16.2. The zero-order valence-corrected chi connectivity index (χ0v) is 15.6. The summed E-state index contributed by atoms with van der Waals surface area (Å²) in [6.07, 6.45) is 5.07. The summed E-state index contributed by atoms with van der Waals surface area (Å²) in [5, 5.41) is 0. The van der Waals surface area contributed by atoms with Gasteiger partial charge in [0.15, 0.2) is 0 Å². The number of carbonyl (C=O) groups is 1. The fourth-order valence-corrected chi connectivity index (χ4v) is 3.97. The molecule has 0 bridgehead atoms. The van der Waals surface area contributed by atoms with E-state index in [1.165, 1.54) is 6.42 Å². The Bertz CT molecular complexity index is 731. The van der Waals surface area contributed by atoms with Gasteiger partial charge < -0.3 is 16.4 Å². The van der Waals surface area contributed by atoms with Crippen LogP contribution in [-0.4, -0.2) is 41.5 Å². The first-order valence-electron chi connectivity index (χ1n) is 9.40. The van der Waals surface area contributed by atoms with Crippen molar-refractivity contribution >= 4 is 23.5 Å². The Balaban J connectivity index is 2.00. The highest BCUT2D eigenvalue weighted by molar-refractivity contribution is 6.06. The number of anilines is 1. The molecule has 1 aromatic carbocycles. The van der Waals surface area contributed by atoms with E-state index in [0.29, 0.717) is 24.6 Å². The van der Waals surface area contributed by atoms with Gasteiger partial charge in [0.25, 0.3) is 5.91 Å². The number of benzene rings is 1. The number of amides is 1. The minimum atomic E-state index is -0.495. The van der Waals surface area contributed by atoms with Crippen LogP contribution in [0.4, 0.5) is 5.69 Å². The summed E-state index contributed by atoms with van der Waals surface area (Å²) >= 11 is 0. The maximum Gasteiger partial charge on any atom is 0.253 e. The highest BCUT2D eigenvalue weighted by Crippen LogP contribution is 2.39. The van der Waals surface area contributed by atoms with Crippen LogP contribution in [0.15, 0.2) is 34.3 Å². The Hall–Kier alpha value is -2.57. The van der Waals surface area contributed by atoms with Crippen molar-refractivity contribution < 1.29 is 4.79 Å². The van der Waals surface area contributed by atoms with E-state index in [2.05, 4.69) is 9.98 Å². The van der Waals surface area contributed by atoms with Crippen LogP contribution in [-0.2, 0) is 0 Å². The number of rotatable bonds is 4. The van der Waals surface area contributed by atoms with Gasteiger partial charge in [-0.05, 0) is 57.7 Å². The van der Waals surface area contributed by atoms with Gasteiger partial charge in [0.05, 0.1) is 0 Å². The summed E-state index contributed by atoms with van der Waals surface area (Å²) in [7, 11) is 0. The first-order chi connectivity index (χ1) is 12.5. The van der Waals surface area contributed by atoms with E-state index in [4.69, 9.17) is 11.5 Å². The number of nitrogens with zero attached hydrogens (tertiary/aromatic N) is 4. The van der Waals surface area contributed by atoms with Gasteiger partial charge in [-0.25, -0.2) is 4.99 Å². The smallest absolute Gasteiger partial charge is 0.253 e. The Kier molecular flexibility index (Phi) is 5.15. The molecule has 0 aromatic heterocycles. The van der Waals surface area contributed by atoms with Crippen molar-refractivity contribution in [1.29, 1.82) is 0 Å². The van der Waals surface area contributed by atoms with Gasteiger partial charge in [0.1, 0.15) is 5.66 Å². The fraction of sp³-hybridized carbons (Fsp3) is 0.526. The predicted octanol–water partition coefficient (Wildman–Crippen LogP) is 2.28. The van der Waals surface area contributed by atoms with Crippen molar-refractivity contribution in [3.8, 4) is 0 Å². The van der Waals surface area contributed by atoms with Crippen LogP contribution in [0.1, 0.15) is 56.3 Å². The molecule has 1 amide bonds. The van der Waals surface area contributed by atoms with Crippen LogP contribution < -0.4 is 16.4 Å². The summed E-state index contributed by atoms with van der Waals surface area (Å²) in [5.41, 5.74) is 13.2. The normalized spacial score (nSPS) is 19.1. The summed E-state index contributed by atoms with van der Waals surface area (Å²) in [6, 6.07) is 7.56. The van der Waals surface area contributed by atoms with Gasteiger partial charge in [-0.15, -0.1) is 0 Å². The molecule has 2 aliphatic rings. The monoisotopic (exact) mass is 356 g/mol. The lowest BCUT2D eigenvalue weighted by molar-refractivity contribution is 0.0773. The van der Waals surface area contributed by atoms with E-state index >= 15 is 0 Å². The van der Waals surface area contributed by atoms with Crippen molar-refractivity contribution in [3.05, 3.63) is 29.8 Å². The standard InChI is InChI=1S/C19H28N6O/c1-3-24(4-2)16(26)14-9-8-10-15(13-14)25-18(21)22-17(20)23-19(25)11-6-5-7-12-19/h8-10,13H,3-7,11-12H2,1-2H3,(H4,20,21,22,23). The van der Waals surface area contributed by atoms with E-state index < -0.39 is 5.66 Å². The third-order valence-electron chi connectivity index (χ3n) is 5.25. The Morgan fingerprint density at radius 3 is 2.54 bits per heavy atom. The number of aliphatic imine (C=N–C) groups is 2. The molecule has 1 aromatic rings. The maximum absolute atomic E-state index is 12.7. The lowest BCUT2D eigenvalue weighted by Gasteiger charge is -2.45. The predicted molar refractivity (Wildman–Crippen MR) is 105 cm³/mol. The molecule has 4 N–H and O–H groups in total. The molecule has 1 aliphatic carbocycles. The molecule has 0 radical (unpaired) electrons. The second kappa shape index (κ2) is 7.35. The Morgan fingerprint density at radius 2 is 1.88 bits per heavy atom. The molecule has 0 saturated heterocycles. The summed E-state index contributed by atoms with van der Waals surface area (Å²) in [6.45, 7) is 5.32. The molecule has 0 unspecified atom stereocenters. The Labute approximate surface area is 154 Å². The molecular weight excluding hydrogens is 328 g/mol. The van der Waals surface area contributed by atoms with Crippen LogP contribution in [0.5, 0.6) is 0 Å². The first-order valence-corrected chi connectivity index (χ1v) is 9.40. The molecule has 1 aliphatic heterocycles. The van der Waals surface area contributed by atoms with E-state index in [-0.39, 0.29) is 11.9 Å². The molecule has 26 heavy (non-hydrogen) atoms. The van der Waals surface area contributed by atoms with Crippen LogP contribution in [0.2, 0.25) is 0 Å². The zero-order chi connectivity index (χ0) is 18.7. The SMILES string of the molecule is CCN(CC)C(=O)c1cccc(N2C(N)=NC(N)=NC23CCCCC3)c1. The summed E-state index contributed by atoms with van der Waals surface area (Å²) < 4.78 is 0.